The second kappa shape index (κ2) is 2.52. The third-order valence-electron chi connectivity index (χ3n) is 1.20. The van der Waals surface area contributed by atoms with Crippen molar-refractivity contribution in [1.82, 2.24) is 0 Å². The van der Waals surface area contributed by atoms with Crippen molar-refractivity contribution in [2.75, 3.05) is 5.73 Å². The molecule has 2 nitrogen and oxygen atoms in total. The Morgan fingerprint density at radius 1 is 1.60 bits per heavy atom. The Labute approximate surface area is 59.7 Å². The maximum absolute atomic E-state index is 10.7. The zero-order valence-electron chi connectivity index (χ0n) is 5.72. The van der Waals surface area contributed by atoms with Crippen LogP contribution >= 0.6 is 0 Å². The molecule has 1 aromatic rings. The van der Waals surface area contributed by atoms with Crippen LogP contribution in [-0.4, -0.2) is 5.78 Å². The van der Waals surface area contributed by atoms with Crippen LogP contribution in [-0.2, 0) is 0 Å². The first kappa shape index (κ1) is 6.81. The quantitative estimate of drug-likeness (QED) is 0.464. The second-order valence-electron chi connectivity index (χ2n) is 2.08. The Hall–Kier alpha value is -1.31. The van der Waals surface area contributed by atoms with Crippen molar-refractivity contribution in [1.29, 1.82) is 0 Å². The summed E-state index contributed by atoms with van der Waals surface area (Å²) in [6, 6.07) is 7.87. The van der Waals surface area contributed by atoms with E-state index in [0.29, 0.717) is 11.3 Å². The molecule has 0 amide bonds. The van der Waals surface area contributed by atoms with E-state index in [2.05, 4.69) is 6.07 Å². The molecule has 1 aromatic carbocycles. The summed E-state index contributed by atoms with van der Waals surface area (Å²) in [4.78, 5) is 10.7. The molecule has 0 aliphatic rings. The van der Waals surface area contributed by atoms with Gasteiger partial charge in [-0.05, 0) is 13.0 Å². The molecule has 0 heterocycles. The van der Waals surface area contributed by atoms with Gasteiger partial charge in [-0.25, -0.2) is 0 Å². The van der Waals surface area contributed by atoms with Gasteiger partial charge in [0.25, 0.3) is 0 Å². The maximum atomic E-state index is 10.7. The van der Waals surface area contributed by atoms with Crippen molar-refractivity contribution in [3.8, 4) is 0 Å². The molecule has 0 aromatic heterocycles. The summed E-state index contributed by atoms with van der Waals surface area (Å²) in [5, 5.41) is 0. The van der Waals surface area contributed by atoms with Gasteiger partial charge in [0, 0.05) is 17.3 Å². The highest BCUT2D eigenvalue weighted by atomic mass is 16.1. The smallest absolute Gasteiger partial charge is 0.160 e. The monoisotopic (exact) mass is 134 g/mol. The summed E-state index contributed by atoms with van der Waals surface area (Å²) in [5.74, 6) is -0.00713. The van der Waals surface area contributed by atoms with Crippen LogP contribution in [0, 0.1) is 6.07 Å². The van der Waals surface area contributed by atoms with Crippen LogP contribution in [0.25, 0.3) is 0 Å². The fraction of sp³-hybridized carbons (Fsp3) is 0.125. The van der Waals surface area contributed by atoms with Gasteiger partial charge in [0.15, 0.2) is 5.78 Å². The van der Waals surface area contributed by atoms with Crippen molar-refractivity contribution < 1.29 is 4.79 Å². The number of benzene rings is 1. The van der Waals surface area contributed by atoms with Crippen molar-refractivity contribution in [2.45, 2.75) is 6.92 Å². The minimum absolute atomic E-state index is 0.00713. The number of rotatable bonds is 1. The van der Waals surface area contributed by atoms with Gasteiger partial charge >= 0.3 is 0 Å². The van der Waals surface area contributed by atoms with E-state index in [4.69, 9.17) is 5.73 Å². The lowest BCUT2D eigenvalue weighted by Gasteiger charge is -1.94. The first-order valence-electron chi connectivity index (χ1n) is 2.99. The number of anilines is 1. The molecule has 10 heavy (non-hydrogen) atoms. The average Bonchev–Trinajstić information content (AvgIpc) is 1.88. The second-order valence-corrected chi connectivity index (χ2v) is 2.08. The van der Waals surface area contributed by atoms with E-state index in [9.17, 15) is 4.79 Å². The Balaban J connectivity index is 3.07. The predicted octanol–water partition coefficient (Wildman–Crippen LogP) is 1.27. The molecule has 0 saturated heterocycles. The molecule has 0 saturated carbocycles. The standard InChI is InChI=1S/C8H8NO/c1-6(10)7-3-2-4-8(9)5-7/h2-4H,9H2,1H3. The number of nitrogen functional groups attached to an aromatic ring is 1. The molecule has 0 fully saturated rings. The molecule has 0 bridgehead atoms. The number of Topliss-reactive ketones (excluding diaryl/α,β-unsaturated/α-hetero) is 1. The lowest BCUT2D eigenvalue weighted by Crippen LogP contribution is -1.93. The number of hydrogen-bond donors (Lipinski definition) is 1. The molecular weight excluding hydrogens is 126 g/mol. The van der Waals surface area contributed by atoms with E-state index in [1.165, 1.54) is 6.92 Å². The number of carbonyl (C=O) groups is 1. The molecule has 2 heteroatoms. The van der Waals surface area contributed by atoms with Gasteiger partial charge in [-0.2, -0.15) is 0 Å². The van der Waals surface area contributed by atoms with Gasteiger partial charge in [-0.15, -0.1) is 0 Å². The molecule has 0 aliphatic carbocycles. The molecule has 0 aliphatic heterocycles. The third-order valence-corrected chi connectivity index (χ3v) is 1.20. The van der Waals surface area contributed by atoms with Gasteiger partial charge in [0.1, 0.15) is 0 Å². The van der Waals surface area contributed by atoms with E-state index >= 15 is 0 Å². The summed E-state index contributed by atoms with van der Waals surface area (Å²) in [7, 11) is 0. The SMILES string of the molecule is CC(=O)c1[c]c(N)ccc1. The van der Waals surface area contributed by atoms with Crippen LogP contribution in [0.15, 0.2) is 18.2 Å². The normalized spacial score (nSPS) is 9.30. The summed E-state index contributed by atoms with van der Waals surface area (Å²) >= 11 is 0. The minimum Gasteiger partial charge on any atom is -0.398 e. The van der Waals surface area contributed by atoms with Crippen molar-refractivity contribution in [2.24, 2.45) is 0 Å². The van der Waals surface area contributed by atoms with Crippen LogP contribution in [0.3, 0.4) is 0 Å². The fourth-order valence-corrected chi connectivity index (χ4v) is 0.692. The fourth-order valence-electron chi connectivity index (χ4n) is 0.692. The van der Waals surface area contributed by atoms with E-state index < -0.39 is 0 Å². The number of nitrogens with two attached hydrogens (primary N) is 1. The molecule has 0 unspecified atom stereocenters. The lowest BCUT2D eigenvalue weighted by atomic mass is 10.1. The summed E-state index contributed by atoms with van der Waals surface area (Å²) < 4.78 is 0. The average molecular weight is 134 g/mol. The maximum Gasteiger partial charge on any atom is 0.160 e. The Kier molecular flexibility index (Phi) is 1.71. The Bertz CT molecular complexity index is 255. The highest BCUT2D eigenvalue weighted by Gasteiger charge is 1.97. The van der Waals surface area contributed by atoms with Crippen molar-refractivity contribution in [3.63, 3.8) is 0 Å². The van der Waals surface area contributed by atoms with Crippen molar-refractivity contribution >= 4 is 11.5 Å². The Morgan fingerprint density at radius 3 is 2.70 bits per heavy atom. The third kappa shape index (κ3) is 1.35. The summed E-state index contributed by atoms with van der Waals surface area (Å²) in [5.41, 5.74) is 6.44. The van der Waals surface area contributed by atoms with Crippen LogP contribution < -0.4 is 5.73 Å². The van der Waals surface area contributed by atoms with Crippen LogP contribution in [0.2, 0.25) is 0 Å². The molecule has 51 valence electrons. The zero-order chi connectivity index (χ0) is 7.56. The van der Waals surface area contributed by atoms with E-state index in [0.717, 1.165) is 0 Å². The number of ketones is 1. The topological polar surface area (TPSA) is 43.1 Å². The molecule has 0 spiro atoms. The molecule has 2 N–H and O–H groups in total. The summed E-state index contributed by atoms with van der Waals surface area (Å²) in [6.45, 7) is 1.49. The molecule has 1 radical (unpaired) electrons. The lowest BCUT2D eigenvalue weighted by molar-refractivity contribution is 0.101. The van der Waals surface area contributed by atoms with Crippen LogP contribution in [0.1, 0.15) is 17.3 Å². The highest BCUT2D eigenvalue weighted by Crippen LogP contribution is 2.04. The predicted molar refractivity (Wildman–Crippen MR) is 39.7 cm³/mol. The van der Waals surface area contributed by atoms with Gasteiger partial charge in [0.05, 0.1) is 0 Å². The minimum atomic E-state index is -0.00713. The summed E-state index contributed by atoms with van der Waals surface area (Å²) in [6.07, 6.45) is 0. The molecule has 0 atom stereocenters. The van der Waals surface area contributed by atoms with Crippen LogP contribution in [0.4, 0.5) is 5.69 Å². The van der Waals surface area contributed by atoms with Crippen molar-refractivity contribution in [3.05, 3.63) is 29.8 Å². The van der Waals surface area contributed by atoms with E-state index in [-0.39, 0.29) is 5.78 Å². The molecule has 1 rings (SSSR count). The van der Waals surface area contributed by atoms with Gasteiger partial charge in [-0.3, -0.25) is 4.79 Å². The van der Waals surface area contributed by atoms with Crippen LogP contribution in [0.5, 0.6) is 0 Å². The first-order valence-corrected chi connectivity index (χ1v) is 2.99. The Morgan fingerprint density at radius 2 is 2.30 bits per heavy atom. The van der Waals surface area contributed by atoms with Gasteiger partial charge < -0.3 is 5.73 Å². The highest BCUT2D eigenvalue weighted by molar-refractivity contribution is 5.94. The number of hydrogen-bond acceptors (Lipinski definition) is 2. The largest absolute Gasteiger partial charge is 0.398 e. The van der Waals surface area contributed by atoms with E-state index in [1.54, 1.807) is 18.2 Å². The molecular formula is C8H8NO. The number of carbonyl (C=O) groups excluding carboxylic acids is 1. The first-order chi connectivity index (χ1) is 4.70. The van der Waals surface area contributed by atoms with Gasteiger partial charge in [0.2, 0.25) is 0 Å². The van der Waals surface area contributed by atoms with Gasteiger partial charge in [-0.1, -0.05) is 12.1 Å². The zero-order valence-corrected chi connectivity index (χ0v) is 5.72. The van der Waals surface area contributed by atoms with E-state index in [1.807, 2.05) is 0 Å².